The summed E-state index contributed by atoms with van der Waals surface area (Å²) in [7, 11) is 0. The molecular weight excluding hydrogens is 192 g/mol. The Kier molecular flexibility index (Phi) is 15.1. The highest BCUT2D eigenvalue weighted by molar-refractivity contribution is 5.62. The van der Waals surface area contributed by atoms with Gasteiger partial charge >= 0.3 is 0 Å². The number of carbonyl (C=O) groups is 1. The molecule has 15 heavy (non-hydrogen) atoms. The van der Waals surface area contributed by atoms with Gasteiger partial charge in [-0.15, -0.1) is 0 Å². The lowest BCUT2D eigenvalue weighted by Crippen LogP contribution is -1.98. The molecule has 1 atom stereocenters. The summed E-state index contributed by atoms with van der Waals surface area (Å²) in [5.74, 6) is -0.833. The van der Waals surface area contributed by atoms with Gasteiger partial charge in [0.05, 0.1) is 6.10 Å². The molecule has 2 N–H and O–H groups in total. The van der Waals surface area contributed by atoms with Crippen molar-refractivity contribution >= 4 is 5.97 Å². The molecule has 0 aliphatic rings. The van der Waals surface area contributed by atoms with Gasteiger partial charge in [-0.2, -0.15) is 0 Å². The predicted octanol–water partition coefficient (Wildman–Crippen LogP) is 3.21. The Morgan fingerprint density at radius 2 is 1.53 bits per heavy atom. The molecule has 92 valence electrons. The third-order valence-corrected chi connectivity index (χ3v) is 1.98. The SMILES string of the molecule is CC(=O)O.CCCCCCCCC(C)O. The Hall–Kier alpha value is -0.570. The molecule has 0 heterocycles. The van der Waals surface area contributed by atoms with Crippen LogP contribution in [0.5, 0.6) is 0 Å². The fraction of sp³-hybridized carbons (Fsp3) is 0.917. The third kappa shape index (κ3) is 31.8. The molecule has 0 saturated carbocycles. The monoisotopic (exact) mass is 218 g/mol. The normalized spacial score (nSPS) is 11.5. The van der Waals surface area contributed by atoms with Crippen LogP contribution >= 0.6 is 0 Å². The zero-order valence-corrected chi connectivity index (χ0v) is 10.3. The predicted molar refractivity (Wildman–Crippen MR) is 63.0 cm³/mol. The van der Waals surface area contributed by atoms with Gasteiger partial charge in [-0.3, -0.25) is 4.79 Å². The van der Waals surface area contributed by atoms with Gasteiger partial charge in [0.2, 0.25) is 0 Å². The van der Waals surface area contributed by atoms with Crippen LogP contribution in [-0.4, -0.2) is 22.3 Å². The number of carboxylic acid groups (broad SMARTS) is 1. The van der Waals surface area contributed by atoms with Crippen LogP contribution in [0.2, 0.25) is 0 Å². The first kappa shape index (κ1) is 16.8. The van der Waals surface area contributed by atoms with E-state index in [1.807, 2.05) is 6.92 Å². The zero-order chi connectivity index (χ0) is 12.1. The molecule has 0 aromatic rings. The molecule has 1 unspecified atom stereocenters. The van der Waals surface area contributed by atoms with Crippen molar-refractivity contribution in [2.45, 2.75) is 71.8 Å². The molecule has 0 aliphatic carbocycles. The summed E-state index contributed by atoms with van der Waals surface area (Å²) in [5, 5.41) is 16.4. The van der Waals surface area contributed by atoms with Crippen LogP contribution in [0.1, 0.15) is 65.7 Å². The zero-order valence-electron chi connectivity index (χ0n) is 10.3. The van der Waals surface area contributed by atoms with Crippen LogP contribution in [0.4, 0.5) is 0 Å². The molecule has 0 amide bonds. The molecule has 0 radical (unpaired) electrons. The molecule has 0 rings (SSSR count). The molecule has 0 aliphatic heterocycles. The summed E-state index contributed by atoms with van der Waals surface area (Å²) in [4.78, 5) is 9.00. The maximum atomic E-state index is 9.00. The van der Waals surface area contributed by atoms with Crippen LogP contribution in [0.15, 0.2) is 0 Å². The van der Waals surface area contributed by atoms with Crippen molar-refractivity contribution < 1.29 is 15.0 Å². The van der Waals surface area contributed by atoms with E-state index in [0.29, 0.717) is 0 Å². The smallest absolute Gasteiger partial charge is 0.300 e. The van der Waals surface area contributed by atoms with E-state index in [-0.39, 0.29) is 6.10 Å². The molecule has 0 bridgehead atoms. The molecule has 0 spiro atoms. The lowest BCUT2D eigenvalue weighted by molar-refractivity contribution is -0.134. The Morgan fingerprint density at radius 1 is 1.13 bits per heavy atom. The first-order valence-corrected chi connectivity index (χ1v) is 5.88. The average Bonchev–Trinajstić information content (AvgIpc) is 2.09. The summed E-state index contributed by atoms with van der Waals surface area (Å²) in [6, 6.07) is 0. The lowest BCUT2D eigenvalue weighted by Gasteiger charge is -2.02. The Balaban J connectivity index is 0. The maximum absolute atomic E-state index is 9.00. The first-order chi connectivity index (χ1) is 7.00. The van der Waals surface area contributed by atoms with Gasteiger partial charge in [0, 0.05) is 6.92 Å². The topological polar surface area (TPSA) is 57.5 Å². The number of aliphatic carboxylic acids is 1. The molecule has 0 fully saturated rings. The number of rotatable bonds is 7. The van der Waals surface area contributed by atoms with Crippen LogP contribution < -0.4 is 0 Å². The Morgan fingerprint density at radius 3 is 1.93 bits per heavy atom. The maximum Gasteiger partial charge on any atom is 0.300 e. The van der Waals surface area contributed by atoms with E-state index in [4.69, 9.17) is 15.0 Å². The van der Waals surface area contributed by atoms with E-state index in [0.717, 1.165) is 13.3 Å². The van der Waals surface area contributed by atoms with E-state index >= 15 is 0 Å². The summed E-state index contributed by atoms with van der Waals surface area (Å²) in [6.45, 7) is 5.18. The minimum atomic E-state index is -0.833. The van der Waals surface area contributed by atoms with Gasteiger partial charge in [0.25, 0.3) is 5.97 Å². The minimum absolute atomic E-state index is 0.0961. The van der Waals surface area contributed by atoms with Gasteiger partial charge in [-0.25, -0.2) is 0 Å². The fourth-order valence-electron chi connectivity index (χ4n) is 1.22. The van der Waals surface area contributed by atoms with Gasteiger partial charge < -0.3 is 10.2 Å². The Bertz CT molecular complexity index is 129. The van der Waals surface area contributed by atoms with Crippen LogP contribution in [0.3, 0.4) is 0 Å². The largest absolute Gasteiger partial charge is 0.481 e. The van der Waals surface area contributed by atoms with Crippen LogP contribution in [0.25, 0.3) is 0 Å². The van der Waals surface area contributed by atoms with Gasteiger partial charge in [-0.05, 0) is 13.3 Å². The van der Waals surface area contributed by atoms with Crippen molar-refractivity contribution in [2.75, 3.05) is 0 Å². The van der Waals surface area contributed by atoms with E-state index in [9.17, 15) is 0 Å². The van der Waals surface area contributed by atoms with Crippen molar-refractivity contribution in [1.82, 2.24) is 0 Å². The highest BCUT2D eigenvalue weighted by Gasteiger charge is 1.94. The summed E-state index contributed by atoms with van der Waals surface area (Å²) >= 11 is 0. The number of hydrogen-bond donors (Lipinski definition) is 2. The van der Waals surface area contributed by atoms with Crippen molar-refractivity contribution in [2.24, 2.45) is 0 Å². The fourth-order valence-corrected chi connectivity index (χ4v) is 1.22. The van der Waals surface area contributed by atoms with E-state index in [1.165, 1.54) is 38.5 Å². The van der Waals surface area contributed by atoms with Crippen LogP contribution in [0, 0.1) is 0 Å². The summed E-state index contributed by atoms with van der Waals surface area (Å²) in [6.07, 6.45) is 8.78. The number of carboxylic acids is 1. The minimum Gasteiger partial charge on any atom is -0.481 e. The quantitative estimate of drug-likeness (QED) is 0.645. The molecule has 0 aromatic heterocycles. The second-order valence-corrected chi connectivity index (χ2v) is 3.92. The van der Waals surface area contributed by atoms with E-state index < -0.39 is 5.97 Å². The van der Waals surface area contributed by atoms with E-state index in [1.54, 1.807) is 0 Å². The first-order valence-electron chi connectivity index (χ1n) is 5.88. The molecule has 0 aromatic carbocycles. The van der Waals surface area contributed by atoms with Crippen molar-refractivity contribution in [3.63, 3.8) is 0 Å². The van der Waals surface area contributed by atoms with E-state index in [2.05, 4.69) is 6.92 Å². The second kappa shape index (κ2) is 13.4. The molecule has 0 saturated heterocycles. The highest BCUT2D eigenvalue weighted by atomic mass is 16.4. The molecular formula is C12H26O3. The third-order valence-electron chi connectivity index (χ3n) is 1.98. The van der Waals surface area contributed by atoms with Crippen molar-refractivity contribution in [3.05, 3.63) is 0 Å². The highest BCUT2D eigenvalue weighted by Crippen LogP contribution is 2.07. The summed E-state index contributed by atoms with van der Waals surface area (Å²) < 4.78 is 0. The average molecular weight is 218 g/mol. The van der Waals surface area contributed by atoms with Crippen LogP contribution in [-0.2, 0) is 4.79 Å². The van der Waals surface area contributed by atoms with Gasteiger partial charge in [-0.1, -0.05) is 45.4 Å². The van der Waals surface area contributed by atoms with Gasteiger partial charge in [0.1, 0.15) is 0 Å². The number of unbranched alkanes of at least 4 members (excludes halogenated alkanes) is 5. The van der Waals surface area contributed by atoms with Crippen molar-refractivity contribution in [1.29, 1.82) is 0 Å². The standard InChI is InChI=1S/C10H22O.C2H4O2/c1-3-4-5-6-7-8-9-10(2)11;1-2(3)4/h10-11H,3-9H2,1-2H3;1H3,(H,3,4). The van der Waals surface area contributed by atoms with Gasteiger partial charge in [0.15, 0.2) is 0 Å². The molecule has 3 nitrogen and oxygen atoms in total. The number of aliphatic hydroxyl groups excluding tert-OH is 1. The number of aliphatic hydroxyl groups is 1. The Labute approximate surface area is 93.5 Å². The lowest BCUT2D eigenvalue weighted by atomic mass is 10.1. The molecule has 3 heteroatoms. The summed E-state index contributed by atoms with van der Waals surface area (Å²) in [5.41, 5.74) is 0. The van der Waals surface area contributed by atoms with Crippen molar-refractivity contribution in [3.8, 4) is 0 Å². The second-order valence-electron chi connectivity index (χ2n) is 3.92. The number of hydrogen-bond acceptors (Lipinski definition) is 2.